The second-order valence-corrected chi connectivity index (χ2v) is 7.84. The van der Waals surface area contributed by atoms with Gasteiger partial charge in [-0.05, 0) is 61.1 Å². The van der Waals surface area contributed by atoms with Crippen LogP contribution in [0.2, 0.25) is 0 Å². The average molecular weight is 350 g/mol. The van der Waals surface area contributed by atoms with E-state index in [-0.39, 0.29) is 5.56 Å². The lowest BCUT2D eigenvalue weighted by Gasteiger charge is -2.14. The third-order valence-corrected chi connectivity index (χ3v) is 5.18. The summed E-state index contributed by atoms with van der Waals surface area (Å²) >= 11 is 0. The SMILES string of the molecule is CC(C)CCCOc1ccc2c3ccncc3c(=O)n(CC3CC3)c2c1. The van der Waals surface area contributed by atoms with Gasteiger partial charge in [0.25, 0.3) is 5.56 Å². The monoisotopic (exact) mass is 350 g/mol. The fraction of sp³-hybridized carbons (Fsp3) is 0.455. The summed E-state index contributed by atoms with van der Waals surface area (Å²) in [4.78, 5) is 17.2. The topological polar surface area (TPSA) is 44.1 Å². The first kappa shape index (κ1) is 17.1. The third kappa shape index (κ3) is 3.46. The highest BCUT2D eigenvalue weighted by molar-refractivity contribution is 6.05. The first-order valence-corrected chi connectivity index (χ1v) is 9.66. The molecule has 1 aromatic carbocycles. The Labute approximate surface area is 153 Å². The van der Waals surface area contributed by atoms with Gasteiger partial charge in [0.05, 0.1) is 17.5 Å². The van der Waals surface area contributed by atoms with Crippen molar-refractivity contribution in [2.45, 2.75) is 46.1 Å². The molecular formula is C22H26N2O2. The van der Waals surface area contributed by atoms with Gasteiger partial charge in [0.1, 0.15) is 5.75 Å². The first-order chi connectivity index (χ1) is 12.6. The van der Waals surface area contributed by atoms with Gasteiger partial charge < -0.3 is 9.30 Å². The normalized spacial score (nSPS) is 14.4. The van der Waals surface area contributed by atoms with Gasteiger partial charge in [-0.15, -0.1) is 0 Å². The number of fused-ring (bicyclic) bond motifs is 3. The van der Waals surface area contributed by atoms with Gasteiger partial charge in [0.2, 0.25) is 0 Å². The number of hydrogen-bond acceptors (Lipinski definition) is 3. The van der Waals surface area contributed by atoms with Gasteiger partial charge in [-0.2, -0.15) is 0 Å². The van der Waals surface area contributed by atoms with Crippen LogP contribution in [0.4, 0.5) is 0 Å². The Hall–Kier alpha value is -2.36. The third-order valence-electron chi connectivity index (χ3n) is 5.18. The van der Waals surface area contributed by atoms with Gasteiger partial charge in [0, 0.05) is 30.4 Å². The molecule has 1 saturated carbocycles. The van der Waals surface area contributed by atoms with E-state index < -0.39 is 0 Å². The Balaban J connectivity index is 1.75. The van der Waals surface area contributed by atoms with E-state index in [4.69, 9.17) is 4.74 Å². The molecule has 4 heteroatoms. The van der Waals surface area contributed by atoms with Crippen molar-refractivity contribution in [3.8, 4) is 5.75 Å². The van der Waals surface area contributed by atoms with Crippen LogP contribution in [0.15, 0.2) is 41.5 Å². The number of ether oxygens (including phenoxy) is 1. The molecule has 0 saturated heterocycles. The minimum atomic E-state index is 0.0597. The summed E-state index contributed by atoms with van der Waals surface area (Å²) in [6.45, 7) is 5.96. The van der Waals surface area contributed by atoms with Crippen LogP contribution in [0.3, 0.4) is 0 Å². The number of nitrogens with zero attached hydrogens (tertiary/aromatic N) is 2. The van der Waals surface area contributed by atoms with E-state index in [0.717, 1.165) is 41.4 Å². The number of benzene rings is 1. The highest BCUT2D eigenvalue weighted by atomic mass is 16.5. The summed E-state index contributed by atoms with van der Waals surface area (Å²) in [7, 11) is 0. The van der Waals surface area contributed by atoms with Gasteiger partial charge in [0.15, 0.2) is 0 Å². The molecule has 0 radical (unpaired) electrons. The smallest absolute Gasteiger partial charge is 0.260 e. The standard InChI is InChI=1S/C22H26N2O2/c1-15(2)4-3-11-26-17-7-8-19-18-9-10-23-13-20(18)22(25)24(21(19)12-17)14-16-5-6-16/h7-10,12-13,15-16H,3-6,11,14H2,1-2H3. The molecule has 0 spiro atoms. The number of hydrogen-bond donors (Lipinski definition) is 0. The fourth-order valence-electron chi connectivity index (χ4n) is 3.53. The summed E-state index contributed by atoms with van der Waals surface area (Å²) in [6.07, 6.45) is 8.08. The maximum atomic E-state index is 13.0. The lowest BCUT2D eigenvalue weighted by molar-refractivity contribution is 0.298. The second kappa shape index (κ2) is 7.10. The zero-order valence-corrected chi connectivity index (χ0v) is 15.6. The molecule has 0 N–H and O–H groups in total. The van der Waals surface area contributed by atoms with Crippen molar-refractivity contribution < 1.29 is 4.74 Å². The molecule has 1 fully saturated rings. The zero-order valence-electron chi connectivity index (χ0n) is 15.6. The molecule has 0 bridgehead atoms. The molecular weight excluding hydrogens is 324 g/mol. The molecule has 136 valence electrons. The lowest BCUT2D eigenvalue weighted by Crippen LogP contribution is -2.22. The zero-order chi connectivity index (χ0) is 18.1. The van der Waals surface area contributed by atoms with Crippen molar-refractivity contribution in [1.82, 2.24) is 9.55 Å². The van der Waals surface area contributed by atoms with Gasteiger partial charge in [-0.1, -0.05) is 13.8 Å². The Kier molecular flexibility index (Phi) is 4.66. The molecule has 4 rings (SSSR count). The van der Waals surface area contributed by atoms with Crippen LogP contribution >= 0.6 is 0 Å². The number of pyridine rings is 2. The van der Waals surface area contributed by atoms with Crippen molar-refractivity contribution in [2.75, 3.05) is 6.61 Å². The van der Waals surface area contributed by atoms with Crippen molar-refractivity contribution in [3.63, 3.8) is 0 Å². The Morgan fingerprint density at radius 2 is 2.04 bits per heavy atom. The Bertz CT molecular complexity index is 987. The summed E-state index contributed by atoms with van der Waals surface area (Å²) in [5.41, 5.74) is 1.03. The molecule has 2 aromatic heterocycles. The van der Waals surface area contributed by atoms with Crippen LogP contribution in [0, 0.1) is 11.8 Å². The maximum Gasteiger partial charge on any atom is 0.260 e. The van der Waals surface area contributed by atoms with E-state index in [9.17, 15) is 4.79 Å². The quantitative estimate of drug-likeness (QED) is 0.455. The molecule has 1 aliphatic carbocycles. The summed E-state index contributed by atoms with van der Waals surface area (Å²) in [5, 5.41) is 2.77. The van der Waals surface area contributed by atoms with Crippen molar-refractivity contribution >= 4 is 21.7 Å². The first-order valence-electron chi connectivity index (χ1n) is 9.66. The maximum absolute atomic E-state index is 13.0. The predicted octanol–water partition coefficient (Wildman–Crippen LogP) is 4.77. The van der Waals surface area contributed by atoms with E-state index >= 15 is 0 Å². The Morgan fingerprint density at radius 3 is 2.81 bits per heavy atom. The largest absolute Gasteiger partial charge is 0.494 e. The molecule has 0 amide bonds. The van der Waals surface area contributed by atoms with Gasteiger partial charge in [-0.25, -0.2) is 0 Å². The van der Waals surface area contributed by atoms with Crippen LogP contribution in [-0.2, 0) is 6.54 Å². The van der Waals surface area contributed by atoms with Crippen LogP contribution in [0.5, 0.6) is 5.75 Å². The molecule has 4 nitrogen and oxygen atoms in total. The van der Waals surface area contributed by atoms with Crippen LogP contribution in [0.25, 0.3) is 21.7 Å². The van der Waals surface area contributed by atoms with Crippen molar-refractivity contribution in [3.05, 3.63) is 47.0 Å². The Morgan fingerprint density at radius 1 is 1.19 bits per heavy atom. The summed E-state index contributed by atoms with van der Waals surface area (Å²) < 4.78 is 7.89. The molecule has 0 unspecified atom stereocenters. The van der Waals surface area contributed by atoms with Gasteiger partial charge in [-0.3, -0.25) is 9.78 Å². The van der Waals surface area contributed by atoms with E-state index in [1.807, 2.05) is 22.8 Å². The summed E-state index contributed by atoms with van der Waals surface area (Å²) in [5.74, 6) is 2.16. The van der Waals surface area contributed by atoms with Crippen LogP contribution in [-0.4, -0.2) is 16.2 Å². The van der Waals surface area contributed by atoms with E-state index in [0.29, 0.717) is 23.8 Å². The fourth-order valence-corrected chi connectivity index (χ4v) is 3.53. The van der Waals surface area contributed by atoms with Crippen molar-refractivity contribution in [1.29, 1.82) is 0 Å². The van der Waals surface area contributed by atoms with Crippen molar-refractivity contribution in [2.24, 2.45) is 11.8 Å². The lowest BCUT2D eigenvalue weighted by atomic mass is 10.1. The predicted molar refractivity (Wildman–Crippen MR) is 106 cm³/mol. The molecule has 3 aromatic rings. The molecule has 2 heterocycles. The average Bonchev–Trinajstić information content (AvgIpc) is 3.46. The second-order valence-electron chi connectivity index (χ2n) is 7.84. The van der Waals surface area contributed by atoms with E-state index in [1.54, 1.807) is 12.4 Å². The molecule has 0 aliphatic heterocycles. The highest BCUT2D eigenvalue weighted by Crippen LogP contribution is 2.33. The van der Waals surface area contributed by atoms with E-state index in [2.05, 4.69) is 24.9 Å². The minimum Gasteiger partial charge on any atom is -0.494 e. The van der Waals surface area contributed by atoms with Crippen LogP contribution in [0.1, 0.15) is 39.5 Å². The molecule has 0 atom stereocenters. The minimum absolute atomic E-state index is 0.0597. The number of aromatic nitrogens is 2. The summed E-state index contributed by atoms with van der Waals surface area (Å²) in [6, 6.07) is 8.07. The van der Waals surface area contributed by atoms with Crippen LogP contribution < -0.4 is 10.3 Å². The molecule has 1 aliphatic rings. The highest BCUT2D eigenvalue weighted by Gasteiger charge is 2.24. The van der Waals surface area contributed by atoms with E-state index in [1.165, 1.54) is 12.8 Å². The number of rotatable bonds is 7. The molecule has 26 heavy (non-hydrogen) atoms. The van der Waals surface area contributed by atoms with Gasteiger partial charge >= 0.3 is 0 Å².